The Morgan fingerprint density at radius 3 is 2.18 bits per heavy atom. The summed E-state index contributed by atoms with van der Waals surface area (Å²) in [6.07, 6.45) is 0.685. The summed E-state index contributed by atoms with van der Waals surface area (Å²) >= 11 is 0. The molecule has 0 amide bonds. The van der Waals surface area contributed by atoms with Crippen LogP contribution in [0.3, 0.4) is 0 Å². The number of rotatable bonds is 8. The van der Waals surface area contributed by atoms with Gasteiger partial charge >= 0.3 is 0 Å². The van der Waals surface area contributed by atoms with Crippen molar-refractivity contribution in [1.29, 1.82) is 0 Å². The van der Waals surface area contributed by atoms with Crippen molar-refractivity contribution < 1.29 is 9.47 Å². The molecule has 0 atom stereocenters. The number of benzene rings is 2. The van der Waals surface area contributed by atoms with Gasteiger partial charge in [-0.2, -0.15) is 0 Å². The Labute approximate surface area is 164 Å². The van der Waals surface area contributed by atoms with E-state index in [-0.39, 0.29) is 0 Å². The second-order valence-corrected chi connectivity index (χ2v) is 7.05. The largest absolute Gasteiger partial charge is 0.493 e. The fraction of sp³-hybridized carbons (Fsp3) is 0.304. The minimum atomic E-state index is -0.449. The maximum atomic E-state index is 12.1. The third-order valence-electron chi connectivity index (χ3n) is 4.94. The highest BCUT2D eigenvalue weighted by Gasteiger charge is 2.22. The van der Waals surface area contributed by atoms with Gasteiger partial charge in [-0.3, -0.25) is 9.59 Å². The van der Waals surface area contributed by atoms with Crippen LogP contribution in [-0.2, 0) is 6.42 Å². The second-order valence-electron chi connectivity index (χ2n) is 7.05. The average molecular weight is 379 g/mol. The van der Waals surface area contributed by atoms with Gasteiger partial charge in [0.2, 0.25) is 10.9 Å². The molecule has 0 bridgehead atoms. The molecule has 5 nitrogen and oxygen atoms in total. The van der Waals surface area contributed by atoms with Crippen molar-refractivity contribution in [3.63, 3.8) is 0 Å². The van der Waals surface area contributed by atoms with E-state index in [1.807, 2.05) is 42.5 Å². The Morgan fingerprint density at radius 1 is 0.893 bits per heavy atom. The number of nitrogens with one attached hydrogen (secondary N) is 1. The molecule has 3 aromatic carbocycles. The zero-order valence-electron chi connectivity index (χ0n) is 16.7. The summed E-state index contributed by atoms with van der Waals surface area (Å²) in [6, 6.07) is 13.5. The van der Waals surface area contributed by atoms with E-state index in [4.69, 9.17) is 9.47 Å². The van der Waals surface area contributed by atoms with Gasteiger partial charge in [0.25, 0.3) is 0 Å². The predicted molar refractivity (Wildman–Crippen MR) is 113 cm³/mol. The first-order valence-corrected chi connectivity index (χ1v) is 9.34. The van der Waals surface area contributed by atoms with Crippen LogP contribution in [0.2, 0.25) is 0 Å². The third-order valence-corrected chi connectivity index (χ3v) is 4.94. The summed E-state index contributed by atoms with van der Waals surface area (Å²) in [5, 5.41) is 3.14. The van der Waals surface area contributed by atoms with E-state index >= 15 is 0 Å². The van der Waals surface area contributed by atoms with Gasteiger partial charge in [-0.25, -0.2) is 0 Å². The Morgan fingerprint density at radius 2 is 1.57 bits per heavy atom. The second kappa shape index (κ2) is 8.30. The van der Waals surface area contributed by atoms with Gasteiger partial charge < -0.3 is 14.8 Å². The van der Waals surface area contributed by atoms with Crippen LogP contribution < -0.4 is 25.6 Å². The number of hydrogen-bond donors (Lipinski definition) is 1. The Bertz CT molecular complexity index is 1030. The van der Waals surface area contributed by atoms with Crippen molar-refractivity contribution in [2.24, 2.45) is 0 Å². The molecule has 0 saturated carbocycles. The summed E-state index contributed by atoms with van der Waals surface area (Å²) in [5.74, 6) is 1.76. The molecule has 0 aliphatic rings. The van der Waals surface area contributed by atoms with Crippen molar-refractivity contribution in [1.82, 2.24) is 0 Å². The van der Waals surface area contributed by atoms with Gasteiger partial charge in [0.1, 0.15) is 0 Å². The minimum absolute atomic E-state index is 0.405. The fourth-order valence-electron chi connectivity index (χ4n) is 3.24. The molecule has 0 heterocycles. The molecule has 1 N–H and O–H groups in total. The summed E-state index contributed by atoms with van der Waals surface area (Å²) in [6.45, 7) is 4.78. The van der Waals surface area contributed by atoms with Gasteiger partial charge in [-0.15, -0.1) is 0 Å². The Hall–Kier alpha value is -3.08. The van der Waals surface area contributed by atoms with E-state index in [9.17, 15) is 9.59 Å². The van der Waals surface area contributed by atoms with E-state index in [0.29, 0.717) is 41.6 Å². The highest BCUT2D eigenvalue weighted by Crippen LogP contribution is 2.28. The zero-order chi connectivity index (χ0) is 20.3. The first-order valence-electron chi connectivity index (χ1n) is 9.34. The molecule has 0 fully saturated rings. The third kappa shape index (κ3) is 3.79. The molecule has 28 heavy (non-hydrogen) atoms. The smallest absolute Gasteiger partial charge is 0.250 e. The molecular formula is C23H25NO4. The summed E-state index contributed by atoms with van der Waals surface area (Å²) in [7, 11) is 3.19. The first kappa shape index (κ1) is 19.7. The van der Waals surface area contributed by atoms with Crippen LogP contribution >= 0.6 is 0 Å². The van der Waals surface area contributed by atoms with Crippen molar-refractivity contribution in [2.45, 2.75) is 26.2 Å². The van der Waals surface area contributed by atoms with Crippen molar-refractivity contribution in [3.8, 4) is 22.6 Å². The molecule has 146 valence electrons. The van der Waals surface area contributed by atoms with Gasteiger partial charge in [0.05, 0.1) is 25.5 Å². The van der Waals surface area contributed by atoms with E-state index in [1.165, 1.54) is 5.56 Å². The highest BCUT2D eigenvalue weighted by molar-refractivity contribution is 5.81. The molecule has 0 aliphatic heterocycles. The molecule has 0 saturated heterocycles. The van der Waals surface area contributed by atoms with E-state index in [2.05, 4.69) is 19.2 Å². The predicted octanol–water partition coefficient (Wildman–Crippen LogP) is 3.74. The average Bonchev–Trinajstić information content (AvgIpc) is 2.72. The molecule has 0 spiro atoms. The van der Waals surface area contributed by atoms with Crippen LogP contribution in [0.25, 0.3) is 11.1 Å². The van der Waals surface area contributed by atoms with Gasteiger partial charge in [0.15, 0.2) is 11.5 Å². The lowest BCUT2D eigenvalue weighted by Crippen LogP contribution is -2.36. The number of hydrogen-bond acceptors (Lipinski definition) is 5. The number of anilines is 1. The van der Waals surface area contributed by atoms with Gasteiger partial charge in [-0.05, 0) is 41.2 Å². The SMILES string of the molecule is COc1ccc(CCNc2c(-c3ccc(C(C)C)cc3)c(=O)c2=O)cc1OC. The van der Waals surface area contributed by atoms with Gasteiger partial charge in [0, 0.05) is 6.54 Å². The lowest BCUT2D eigenvalue weighted by molar-refractivity contribution is 0.354. The van der Waals surface area contributed by atoms with E-state index in [0.717, 1.165) is 11.1 Å². The maximum absolute atomic E-state index is 12.1. The molecule has 0 unspecified atom stereocenters. The first-order chi connectivity index (χ1) is 13.5. The molecule has 5 heteroatoms. The van der Waals surface area contributed by atoms with Crippen LogP contribution in [0.5, 0.6) is 11.5 Å². The zero-order valence-corrected chi connectivity index (χ0v) is 16.7. The van der Waals surface area contributed by atoms with Gasteiger partial charge in [-0.1, -0.05) is 44.2 Å². The molecule has 0 aromatic heterocycles. The summed E-state index contributed by atoms with van der Waals surface area (Å²) in [5.41, 5.74) is 3.04. The number of methoxy groups -OCH3 is 2. The lowest BCUT2D eigenvalue weighted by atomic mass is 9.95. The topological polar surface area (TPSA) is 64.6 Å². The standard InChI is InChI=1S/C23H25NO4/c1-14(2)16-6-8-17(9-7-16)20-21(23(26)22(20)25)24-12-11-15-5-10-18(27-3)19(13-15)28-4/h5-10,13-14,24H,11-12H2,1-4H3. The molecule has 0 radical (unpaired) electrons. The molecular weight excluding hydrogens is 354 g/mol. The van der Waals surface area contributed by atoms with Crippen LogP contribution in [0.1, 0.15) is 30.9 Å². The Kier molecular flexibility index (Phi) is 5.83. The summed E-state index contributed by atoms with van der Waals surface area (Å²) < 4.78 is 10.6. The van der Waals surface area contributed by atoms with Crippen molar-refractivity contribution >= 4 is 5.69 Å². The molecule has 3 aromatic rings. The van der Waals surface area contributed by atoms with Crippen LogP contribution in [-0.4, -0.2) is 20.8 Å². The lowest BCUT2D eigenvalue weighted by Gasteiger charge is -2.15. The van der Waals surface area contributed by atoms with E-state index in [1.54, 1.807) is 14.2 Å². The molecule has 0 aliphatic carbocycles. The maximum Gasteiger partial charge on any atom is 0.250 e. The van der Waals surface area contributed by atoms with Crippen LogP contribution in [0.15, 0.2) is 52.1 Å². The highest BCUT2D eigenvalue weighted by atomic mass is 16.5. The minimum Gasteiger partial charge on any atom is -0.493 e. The summed E-state index contributed by atoms with van der Waals surface area (Å²) in [4.78, 5) is 24.1. The number of ether oxygens (including phenoxy) is 2. The van der Waals surface area contributed by atoms with Crippen LogP contribution in [0.4, 0.5) is 5.69 Å². The Balaban J connectivity index is 1.72. The van der Waals surface area contributed by atoms with Crippen molar-refractivity contribution in [2.75, 3.05) is 26.1 Å². The molecule has 3 rings (SSSR count). The quantitative estimate of drug-likeness (QED) is 0.604. The monoisotopic (exact) mass is 379 g/mol. The fourth-order valence-corrected chi connectivity index (χ4v) is 3.24. The van der Waals surface area contributed by atoms with Crippen LogP contribution in [0, 0.1) is 0 Å². The van der Waals surface area contributed by atoms with Crippen molar-refractivity contribution in [3.05, 3.63) is 74.0 Å². The normalized spacial score (nSPS) is 11.0. The van der Waals surface area contributed by atoms with E-state index < -0.39 is 10.9 Å².